The van der Waals surface area contributed by atoms with E-state index in [1.54, 1.807) is 0 Å². The first-order valence-electron chi connectivity index (χ1n) is 8.10. The molecule has 3 rings (SSSR count). The fourth-order valence-electron chi connectivity index (χ4n) is 2.59. The maximum absolute atomic E-state index is 11.9. The number of amides is 1. The van der Waals surface area contributed by atoms with Crippen LogP contribution >= 0.6 is 0 Å². The number of benzene rings is 1. The van der Waals surface area contributed by atoms with Crippen LogP contribution in [-0.2, 0) is 4.79 Å². The fraction of sp³-hybridized carbons (Fsp3) is 0.263. The van der Waals surface area contributed by atoms with Gasteiger partial charge in [-0.2, -0.15) is 0 Å². The van der Waals surface area contributed by atoms with Gasteiger partial charge >= 0.3 is 0 Å². The van der Waals surface area contributed by atoms with Crippen molar-refractivity contribution >= 4 is 17.2 Å². The Morgan fingerprint density at radius 2 is 2.09 bits per heavy atom. The largest absolute Gasteiger partial charge is 0.326 e. The molecule has 0 aliphatic carbocycles. The van der Waals surface area contributed by atoms with Gasteiger partial charge in [0.2, 0.25) is 5.91 Å². The lowest BCUT2D eigenvalue weighted by Crippen LogP contribution is -2.10. The number of rotatable bonds is 6. The van der Waals surface area contributed by atoms with Gasteiger partial charge in [0, 0.05) is 30.1 Å². The lowest BCUT2D eigenvalue weighted by atomic mass is 10.1. The normalized spacial score (nSPS) is 10.8. The van der Waals surface area contributed by atoms with E-state index in [1.807, 2.05) is 59.3 Å². The van der Waals surface area contributed by atoms with Crippen LogP contribution in [0.3, 0.4) is 0 Å². The summed E-state index contributed by atoms with van der Waals surface area (Å²) in [6.07, 6.45) is 7.70. The third kappa shape index (κ3) is 3.77. The Bertz CT molecular complexity index is 774. The molecule has 0 unspecified atom stereocenters. The second-order valence-corrected chi connectivity index (χ2v) is 5.68. The second-order valence-electron chi connectivity index (χ2n) is 5.68. The number of carbonyl (C=O) groups excluding carboxylic acids is 1. The number of nitrogens with one attached hydrogen (secondary N) is 1. The molecule has 0 fully saturated rings. The summed E-state index contributed by atoms with van der Waals surface area (Å²) in [5.74, 6) is 0.0746. The second kappa shape index (κ2) is 7.09. The quantitative estimate of drug-likeness (QED) is 0.681. The highest BCUT2D eigenvalue weighted by atomic mass is 16.1. The number of imidazole rings is 1. The Labute approximate surface area is 136 Å². The van der Waals surface area contributed by atoms with Gasteiger partial charge in [-0.05, 0) is 30.7 Å². The molecule has 3 aromatic rings. The van der Waals surface area contributed by atoms with Crippen molar-refractivity contribution < 1.29 is 4.79 Å². The SMILES string of the molecule is CCCCCC(=O)Nc1cccc(-c2cn3ccccc3n2)c1. The third-order valence-corrected chi connectivity index (χ3v) is 3.81. The minimum absolute atomic E-state index is 0.0746. The zero-order valence-electron chi connectivity index (χ0n) is 13.3. The van der Waals surface area contributed by atoms with Crippen molar-refractivity contribution in [3.63, 3.8) is 0 Å². The van der Waals surface area contributed by atoms with E-state index >= 15 is 0 Å². The average Bonchev–Trinajstić information content (AvgIpc) is 2.99. The molecule has 2 heterocycles. The van der Waals surface area contributed by atoms with Gasteiger partial charge in [-0.15, -0.1) is 0 Å². The van der Waals surface area contributed by atoms with Gasteiger partial charge in [0.05, 0.1) is 5.69 Å². The summed E-state index contributed by atoms with van der Waals surface area (Å²) in [7, 11) is 0. The molecular weight excluding hydrogens is 286 g/mol. The lowest BCUT2D eigenvalue weighted by Gasteiger charge is -2.06. The lowest BCUT2D eigenvalue weighted by molar-refractivity contribution is -0.116. The molecule has 0 aliphatic heterocycles. The van der Waals surface area contributed by atoms with E-state index in [9.17, 15) is 4.79 Å². The highest BCUT2D eigenvalue weighted by Gasteiger charge is 2.06. The molecule has 1 aromatic carbocycles. The molecule has 4 heteroatoms. The predicted molar refractivity (Wildman–Crippen MR) is 93.4 cm³/mol. The van der Waals surface area contributed by atoms with E-state index in [0.29, 0.717) is 6.42 Å². The van der Waals surface area contributed by atoms with E-state index in [0.717, 1.165) is 41.9 Å². The molecule has 0 bridgehead atoms. The van der Waals surface area contributed by atoms with Crippen molar-refractivity contribution in [2.45, 2.75) is 32.6 Å². The monoisotopic (exact) mass is 307 g/mol. The number of unbranched alkanes of at least 4 members (excludes halogenated alkanes) is 2. The maximum atomic E-state index is 11.9. The molecule has 118 valence electrons. The topological polar surface area (TPSA) is 46.4 Å². The van der Waals surface area contributed by atoms with Crippen LogP contribution in [0.15, 0.2) is 54.9 Å². The Balaban J connectivity index is 1.75. The Hall–Kier alpha value is -2.62. The summed E-state index contributed by atoms with van der Waals surface area (Å²) in [5, 5.41) is 2.97. The van der Waals surface area contributed by atoms with Crippen molar-refractivity contribution in [1.82, 2.24) is 9.38 Å². The summed E-state index contributed by atoms with van der Waals surface area (Å²) >= 11 is 0. The number of carbonyl (C=O) groups is 1. The van der Waals surface area contributed by atoms with Crippen LogP contribution in [-0.4, -0.2) is 15.3 Å². The number of nitrogens with zero attached hydrogens (tertiary/aromatic N) is 2. The predicted octanol–water partition coefficient (Wildman–Crippen LogP) is 4.52. The van der Waals surface area contributed by atoms with Gasteiger partial charge in [-0.1, -0.05) is 38.0 Å². The van der Waals surface area contributed by atoms with Crippen LogP contribution in [0.1, 0.15) is 32.6 Å². The van der Waals surface area contributed by atoms with Crippen LogP contribution < -0.4 is 5.32 Å². The van der Waals surface area contributed by atoms with E-state index in [2.05, 4.69) is 17.2 Å². The average molecular weight is 307 g/mol. The van der Waals surface area contributed by atoms with E-state index < -0.39 is 0 Å². The van der Waals surface area contributed by atoms with Crippen molar-refractivity contribution in [2.24, 2.45) is 0 Å². The molecule has 1 N–H and O–H groups in total. The highest BCUT2D eigenvalue weighted by Crippen LogP contribution is 2.22. The van der Waals surface area contributed by atoms with Crippen LogP contribution in [0.4, 0.5) is 5.69 Å². The van der Waals surface area contributed by atoms with Crippen LogP contribution in [0.5, 0.6) is 0 Å². The smallest absolute Gasteiger partial charge is 0.224 e. The van der Waals surface area contributed by atoms with Gasteiger partial charge in [0.25, 0.3) is 0 Å². The first kappa shape index (κ1) is 15.3. The van der Waals surface area contributed by atoms with Crippen molar-refractivity contribution in [3.05, 3.63) is 54.9 Å². The summed E-state index contributed by atoms with van der Waals surface area (Å²) in [4.78, 5) is 16.6. The maximum Gasteiger partial charge on any atom is 0.224 e. The van der Waals surface area contributed by atoms with Crippen LogP contribution in [0, 0.1) is 0 Å². The van der Waals surface area contributed by atoms with Gasteiger partial charge in [0.1, 0.15) is 5.65 Å². The van der Waals surface area contributed by atoms with Crippen molar-refractivity contribution in [3.8, 4) is 11.3 Å². The highest BCUT2D eigenvalue weighted by molar-refractivity contribution is 5.91. The van der Waals surface area contributed by atoms with Gasteiger partial charge < -0.3 is 9.72 Å². The fourth-order valence-corrected chi connectivity index (χ4v) is 2.59. The number of pyridine rings is 1. The molecule has 0 radical (unpaired) electrons. The first-order chi connectivity index (χ1) is 11.3. The molecule has 0 saturated carbocycles. The molecule has 2 aromatic heterocycles. The zero-order chi connectivity index (χ0) is 16.1. The molecule has 0 atom stereocenters. The number of aromatic nitrogens is 2. The van der Waals surface area contributed by atoms with Crippen LogP contribution in [0.25, 0.3) is 16.9 Å². The van der Waals surface area contributed by atoms with Crippen LogP contribution in [0.2, 0.25) is 0 Å². The summed E-state index contributed by atoms with van der Waals surface area (Å²) in [5.41, 5.74) is 3.64. The summed E-state index contributed by atoms with van der Waals surface area (Å²) in [6, 6.07) is 13.8. The molecule has 0 saturated heterocycles. The van der Waals surface area contributed by atoms with Gasteiger partial charge in [-0.25, -0.2) is 4.98 Å². The molecular formula is C19H21N3O. The Morgan fingerprint density at radius 3 is 2.91 bits per heavy atom. The van der Waals surface area contributed by atoms with Gasteiger partial charge in [-0.3, -0.25) is 4.79 Å². The Kier molecular flexibility index (Phi) is 4.71. The van der Waals surface area contributed by atoms with E-state index in [-0.39, 0.29) is 5.91 Å². The first-order valence-corrected chi connectivity index (χ1v) is 8.10. The van der Waals surface area contributed by atoms with E-state index in [4.69, 9.17) is 0 Å². The number of hydrogen-bond donors (Lipinski definition) is 1. The Morgan fingerprint density at radius 1 is 1.17 bits per heavy atom. The molecule has 0 aliphatic rings. The number of fused-ring (bicyclic) bond motifs is 1. The summed E-state index contributed by atoms with van der Waals surface area (Å²) in [6.45, 7) is 2.14. The summed E-state index contributed by atoms with van der Waals surface area (Å²) < 4.78 is 1.99. The molecule has 0 spiro atoms. The third-order valence-electron chi connectivity index (χ3n) is 3.81. The van der Waals surface area contributed by atoms with Crippen molar-refractivity contribution in [1.29, 1.82) is 0 Å². The zero-order valence-corrected chi connectivity index (χ0v) is 13.3. The standard InChI is InChI=1S/C19H21N3O/c1-2-3-4-11-19(23)20-16-9-7-8-15(13-16)17-14-22-12-6-5-10-18(22)21-17/h5-10,12-14H,2-4,11H2,1H3,(H,20,23). The van der Waals surface area contributed by atoms with E-state index in [1.165, 1.54) is 0 Å². The molecule has 4 nitrogen and oxygen atoms in total. The molecule has 23 heavy (non-hydrogen) atoms. The molecule has 1 amide bonds. The minimum Gasteiger partial charge on any atom is -0.326 e. The van der Waals surface area contributed by atoms with Crippen molar-refractivity contribution in [2.75, 3.05) is 5.32 Å². The number of anilines is 1. The number of hydrogen-bond acceptors (Lipinski definition) is 2. The minimum atomic E-state index is 0.0746. The van der Waals surface area contributed by atoms with Gasteiger partial charge in [0.15, 0.2) is 0 Å².